The SMILES string of the molecule is Cn1ncc(C#Cc2ccc(S(N)(=O)=O)cc2)c1-c1ccc(C(F)(F)F)cc1. The van der Waals surface area contributed by atoms with Crippen LogP contribution >= 0.6 is 0 Å². The minimum Gasteiger partial charge on any atom is -0.267 e. The summed E-state index contributed by atoms with van der Waals surface area (Å²) in [5.74, 6) is 5.80. The summed E-state index contributed by atoms with van der Waals surface area (Å²) >= 11 is 0. The van der Waals surface area contributed by atoms with E-state index in [0.717, 1.165) is 12.1 Å². The Bertz CT molecular complexity index is 1170. The maximum Gasteiger partial charge on any atom is 0.416 e. The van der Waals surface area contributed by atoms with Gasteiger partial charge < -0.3 is 0 Å². The zero-order chi connectivity index (χ0) is 20.5. The number of benzene rings is 2. The maximum atomic E-state index is 12.7. The molecule has 0 fully saturated rings. The number of aryl methyl sites for hydroxylation is 1. The van der Waals surface area contributed by atoms with Crippen LogP contribution in [0.3, 0.4) is 0 Å². The highest BCUT2D eigenvalue weighted by Gasteiger charge is 2.30. The van der Waals surface area contributed by atoms with E-state index in [4.69, 9.17) is 5.14 Å². The molecule has 0 aliphatic carbocycles. The van der Waals surface area contributed by atoms with E-state index in [-0.39, 0.29) is 4.90 Å². The largest absolute Gasteiger partial charge is 0.416 e. The molecule has 0 aliphatic rings. The lowest BCUT2D eigenvalue weighted by atomic mass is 10.1. The van der Waals surface area contributed by atoms with Crippen molar-refractivity contribution in [3.8, 4) is 23.1 Å². The van der Waals surface area contributed by atoms with Crippen molar-refractivity contribution < 1.29 is 21.6 Å². The van der Waals surface area contributed by atoms with Crippen molar-refractivity contribution in [2.75, 3.05) is 0 Å². The molecule has 144 valence electrons. The van der Waals surface area contributed by atoms with Crippen LogP contribution in [0, 0.1) is 11.8 Å². The van der Waals surface area contributed by atoms with Crippen molar-refractivity contribution in [1.29, 1.82) is 0 Å². The van der Waals surface area contributed by atoms with E-state index in [1.165, 1.54) is 47.3 Å². The Labute approximate surface area is 159 Å². The molecule has 5 nitrogen and oxygen atoms in total. The Morgan fingerprint density at radius 3 is 2.14 bits per heavy atom. The monoisotopic (exact) mass is 405 g/mol. The van der Waals surface area contributed by atoms with Gasteiger partial charge in [0.2, 0.25) is 10.0 Å². The van der Waals surface area contributed by atoms with Crippen molar-refractivity contribution in [1.82, 2.24) is 9.78 Å². The van der Waals surface area contributed by atoms with E-state index in [2.05, 4.69) is 16.9 Å². The zero-order valence-electron chi connectivity index (χ0n) is 14.5. The van der Waals surface area contributed by atoms with Gasteiger partial charge in [0, 0.05) is 18.2 Å². The molecule has 0 amide bonds. The third-order valence-corrected chi connectivity index (χ3v) is 4.88. The fourth-order valence-corrected chi connectivity index (χ4v) is 3.07. The lowest BCUT2D eigenvalue weighted by Crippen LogP contribution is -2.11. The van der Waals surface area contributed by atoms with Gasteiger partial charge in [-0.15, -0.1) is 0 Å². The summed E-state index contributed by atoms with van der Waals surface area (Å²) in [6.45, 7) is 0. The number of hydrogen-bond donors (Lipinski definition) is 1. The molecule has 28 heavy (non-hydrogen) atoms. The minimum absolute atomic E-state index is 0.0233. The number of rotatable bonds is 2. The molecule has 3 aromatic rings. The van der Waals surface area contributed by atoms with Crippen LogP contribution in [0.5, 0.6) is 0 Å². The molecule has 1 aromatic heterocycles. The minimum atomic E-state index is -4.41. The van der Waals surface area contributed by atoms with Crippen LogP contribution in [0.15, 0.2) is 59.6 Å². The number of hydrogen-bond acceptors (Lipinski definition) is 3. The van der Waals surface area contributed by atoms with Gasteiger partial charge in [-0.2, -0.15) is 18.3 Å². The van der Waals surface area contributed by atoms with Crippen LogP contribution in [-0.2, 0) is 23.2 Å². The number of primary sulfonamides is 1. The first-order chi connectivity index (χ1) is 13.1. The number of aromatic nitrogens is 2. The first kappa shape index (κ1) is 19.7. The Balaban J connectivity index is 1.94. The van der Waals surface area contributed by atoms with Gasteiger partial charge in [0.25, 0.3) is 0 Å². The third-order valence-electron chi connectivity index (χ3n) is 3.95. The average molecular weight is 405 g/mol. The van der Waals surface area contributed by atoms with Gasteiger partial charge in [0.1, 0.15) is 0 Å². The smallest absolute Gasteiger partial charge is 0.267 e. The Morgan fingerprint density at radius 1 is 1.00 bits per heavy atom. The van der Waals surface area contributed by atoms with Crippen LogP contribution < -0.4 is 5.14 Å². The molecule has 0 atom stereocenters. The van der Waals surface area contributed by atoms with Gasteiger partial charge >= 0.3 is 6.18 Å². The second-order valence-corrected chi connectivity index (χ2v) is 7.49. The fraction of sp³-hybridized carbons (Fsp3) is 0.105. The molecular formula is C19H14F3N3O2S. The Hall–Kier alpha value is -3.09. The van der Waals surface area contributed by atoms with Gasteiger partial charge in [-0.25, -0.2) is 13.6 Å². The predicted molar refractivity (Wildman–Crippen MR) is 97.4 cm³/mol. The van der Waals surface area contributed by atoms with Gasteiger partial charge in [0.15, 0.2) is 0 Å². The highest BCUT2D eigenvalue weighted by atomic mass is 32.2. The molecule has 0 unspecified atom stereocenters. The number of alkyl halides is 3. The van der Waals surface area contributed by atoms with Crippen LogP contribution in [-0.4, -0.2) is 18.2 Å². The molecule has 0 aliphatic heterocycles. The highest BCUT2D eigenvalue weighted by molar-refractivity contribution is 7.89. The number of sulfonamides is 1. The summed E-state index contributed by atoms with van der Waals surface area (Å²) in [5, 5.41) is 9.17. The molecule has 2 N–H and O–H groups in total. The van der Waals surface area contributed by atoms with E-state index >= 15 is 0 Å². The molecular weight excluding hydrogens is 391 g/mol. The van der Waals surface area contributed by atoms with Crippen molar-refractivity contribution in [3.63, 3.8) is 0 Å². The zero-order valence-corrected chi connectivity index (χ0v) is 15.3. The molecule has 1 heterocycles. The summed E-state index contributed by atoms with van der Waals surface area (Å²) in [7, 11) is -2.12. The highest BCUT2D eigenvalue weighted by Crippen LogP contribution is 2.31. The summed E-state index contributed by atoms with van der Waals surface area (Å²) in [5.41, 5.74) is 1.46. The van der Waals surface area contributed by atoms with Crippen LogP contribution in [0.1, 0.15) is 16.7 Å². The lowest BCUT2D eigenvalue weighted by Gasteiger charge is -2.08. The van der Waals surface area contributed by atoms with Gasteiger partial charge in [-0.05, 0) is 36.4 Å². The van der Waals surface area contributed by atoms with E-state index in [9.17, 15) is 21.6 Å². The molecule has 3 rings (SSSR count). The summed E-state index contributed by atoms with van der Waals surface area (Å²) < 4.78 is 62.3. The molecule has 0 saturated carbocycles. The molecule has 9 heteroatoms. The number of nitrogens with two attached hydrogens (primary N) is 1. The van der Waals surface area contributed by atoms with E-state index < -0.39 is 21.8 Å². The van der Waals surface area contributed by atoms with E-state index in [0.29, 0.717) is 22.4 Å². The molecule has 0 bridgehead atoms. The number of halogens is 3. The predicted octanol–water partition coefficient (Wildman–Crippen LogP) is 3.15. The van der Waals surface area contributed by atoms with Gasteiger partial charge in [-0.3, -0.25) is 4.68 Å². The standard InChI is InChI=1S/C19H14F3N3O2S/c1-25-18(14-6-8-16(9-7-14)19(20,21)22)15(12-24-25)5-2-13-3-10-17(11-4-13)28(23,26)27/h3-4,6-12H,1H3,(H2,23,26,27). The Morgan fingerprint density at radius 2 is 1.61 bits per heavy atom. The van der Waals surface area contributed by atoms with Gasteiger partial charge in [0.05, 0.1) is 27.9 Å². The lowest BCUT2D eigenvalue weighted by molar-refractivity contribution is -0.137. The maximum absolute atomic E-state index is 12.7. The summed E-state index contributed by atoms with van der Waals surface area (Å²) in [4.78, 5) is -0.0233. The van der Waals surface area contributed by atoms with Crippen molar-refractivity contribution >= 4 is 10.0 Å². The van der Waals surface area contributed by atoms with Crippen molar-refractivity contribution in [2.24, 2.45) is 12.2 Å². The van der Waals surface area contributed by atoms with Crippen LogP contribution in [0.25, 0.3) is 11.3 Å². The topological polar surface area (TPSA) is 78.0 Å². The Kier molecular flexibility index (Phi) is 5.02. The van der Waals surface area contributed by atoms with Gasteiger partial charge in [-0.1, -0.05) is 24.0 Å². The quantitative estimate of drug-likeness (QED) is 0.666. The summed E-state index contributed by atoms with van der Waals surface area (Å²) in [6, 6.07) is 10.5. The van der Waals surface area contributed by atoms with E-state index in [1.54, 1.807) is 7.05 Å². The van der Waals surface area contributed by atoms with Crippen molar-refractivity contribution in [3.05, 3.63) is 71.4 Å². The van der Waals surface area contributed by atoms with Crippen molar-refractivity contribution in [2.45, 2.75) is 11.1 Å². The first-order valence-corrected chi connectivity index (χ1v) is 9.45. The number of nitrogens with zero attached hydrogens (tertiary/aromatic N) is 2. The third kappa shape index (κ3) is 4.24. The molecule has 0 spiro atoms. The van der Waals surface area contributed by atoms with E-state index in [1.807, 2.05) is 0 Å². The second-order valence-electron chi connectivity index (χ2n) is 5.92. The molecule has 0 saturated heterocycles. The first-order valence-electron chi connectivity index (χ1n) is 7.90. The normalized spacial score (nSPS) is 11.8. The molecule has 2 aromatic carbocycles. The molecule has 0 radical (unpaired) electrons. The second kappa shape index (κ2) is 7.14. The van der Waals surface area contributed by atoms with Crippen LogP contribution in [0.4, 0.5) is 13.2 Å². The van der Waals surface area contributed by atoms with Crippen LogP contribution in [0.2, 0.25) is 0 Å². The summed E-state index contributed by atoms with van der Waals surface area (Å²) in [6.07, 6.45) is -2.89. The fourth-order valence-electron chi connectivity index (χ4n) is 2.56. The average Bonchev–Trinajstić information content (AvgIpc) is 2.99.